The van der Waals surface area contributed by atoms with E-state index < -0.39 is 0 Å². The lowest BCUT2D eigenvalue weighted by Gasteiger charge is -2.22. The molecule has 0 radical (unpaired) electrons. The molecular weight excluding hydrogens is 370 g/mol. The van der Waals surface area contributed by atoms with E-state index in [1.165, 1.54) is 4.68 Å². The summed E-state index contributed by atoms with van der Waals surface area (Å²) in [7, 11) is 3.14. The second-order valence-electron chi connectivity index (χ2n) is 6.56. The third-order valence-corrected chi connectivity index (χ3v) is 4.73. The number of ether oxygens (including phenoxy) is 2. The van der Waals surface area contributed by atoms with Gasteiger partial charge in [-0.15, -0.1) is 0 Å². The summed E-state index contributed by atoms with van der Waals surface area (Å²) in [6.07, 6.45) is 0. The Bertz CT molecular complexity index is 1090. The van der Waals surface area contributed by atoms with Crippen molar-refractivity contribution in [1.82, 2.24) is 14.7 Å². The average Bonchev–Trinajstić information content (AvgIpc) is 2.75. The van der Waals surface area contributed by atoms with Crippen molar-refractivity contribution in [3.05, 3.63) is 64.1 Å². The summed E-state index contributed by atoms with van der Waals surface area (Å²) in [4.78, 5) is 27.3. The number of carbonyl (C=O) groups is 1. The molecule has 2 aromatic carbocycles. The van der Waals surface area contributed by atoms with Gasteiger partial charge in [-0.2, -0.15) is 5.10 Å². The number of nitrogens with zero attached hydrogens (tertiary/aromatic N) is 3. The smallest absolute Gasteiger partial charge is 0.275 e. The predicted molar refractivity (Wildman–Crippen MR) is 112 cm³/mol. The second kappa shape index (κ2) is 8.77. The summed E-state index contributed by atoms with van der Waals surface area (Å²) in [6, 6.07) is 12.7. The van der Waals surface area contributed by atoms with E-state index >= 15 is 0 Å². The molecular formula is C22H25N3O4. The van der Waals surface area contributed by atoms with E-state index in [0.29, 0.717) is 42.0 Å². The van der Waals surface area contributed by atoms with E-state index in [0.717, 1.165) is 5.56 Å². The van der Waals surface area contributed by atoms with Crippen molar-refractivity contribution in [3.8, 4) is 11.5 Å². The normalized spacial score (nSPS) is 10.8. The van der Waals surface area contributed by atoms with Crippen LogP contribution in [0.15, 0.2) is 47.3 Å². The van der Waals surface area contributed by atoms with Crippen LogP contribution in [0.1, 0.15) is 29.9 Å². The average molecular weight is 395 g/mol. The SMILES string of the molecule is CCOc1ccc(CN(CC)C(=O)c2nn(C)c(=O)c3ccccc23)cc1OC. The Balaban J connectivity index is 1.96. The molecule has 0 spiro atoms. The fourth-order valence-corrected chi connectivity index (χ4v) is 3.24. The number of hydrogen-bond donors (Lipinski definition) is 0. The Morgan fingerprint density at radius 3 is 2.48 bits per heavy atom. The van der Waals surface area contributed by atoms with Gasteiger partial charge in [-0.3, -0.25) is 9.59 Å². The van der Waals surface area contributed by atoms with Gasteiger partial charge in [0.1, 0.15) is 0 Å². The number of hydrogen-bond acceptors (Lipinski definition) is 5. The standard InChI is InChI=1S/C22H25N3O4/c1-5-25(14-15-11-12-18(29-6-2)19(13-15)28-4)22(27)20-16-9-7-8-10-17(16)21(26)24(3)23-20/h7-13H,5-6,14H2,1-4H3. The highest BCUT2D eigenvalue weighted by Crippen LogP contribution is 2.28. The Morgan fingerprint density at radius 2 is 1.83 bits per heavy atom. The third kappa shape index (κ3) is 4.08. The summed E-state index contributed by atoms with van der Waals surface area (Å²) >= 11 is 0. The molecule has 1 aromatic heterocycles. The van der Waals surface area contributed by atoms with Crippen molar-refractivity contribution in [2.45, 2.75) is 20.4 Å². The third-order valence-electron chi connectivity index (χ3n) is 4.73. The van der Waals surface area contributed by atoms with Crippen LogP contribution in [0.4, 0.5) is 0 Å². The number of fused-ring (bicyclic) bond motifs is 1. The van der Waals surface area contributed by atoms with E-state index in [-0.39, 0.29) is 17.2 Å². The zero-order valence-electron chi connectivity index (χ0n) is 17.1. The van der Waals surface area contributed by atoms with Gasteiger partial charge in [-0.05, 0) is 37.6 Å². The Hall–Kier alpha value is -3.35. The molecule has 29 heavy (non-hydrogen) atoms. The van der Waals surface area contributed by atoms with Gasteiger partial charge in [-0.25, -0.2) is 4.68 Å². The quantitative estimate of drug-likeness (QED) is 0.615. The Morgan fingerprint density at radius 1 is 1.10 bits per heavy atom. The molecule has 0 aliphatic rings. The lowest BCUT2D eigenvalue weighted by atomic mass is 10.1. The van der Waals surface area contributed by atoms with Gasteiger partial charge in [0.25, 0.3) is 11.5 Å². The first-order chi connectivity index (χ1) is 14.0. The summed E-state index contributed by atoms with van der Waals surface area (Å²) in [6.45, 7) is 5.24. The molecule has 0 bridgehead atoms. The van der Waals surface area contributed by atoms with Crippen molar-refractivity contribution < 1.29 is 14.3 Å². The highest BCUT2D eigenvalue weighted by atomic mass is 16.5. The number of rotatable bonds is 7. The van der Waals surface area contributed by atoms with Crippen LogP contribution in [0.3, 0.4) is 0 Å². The van der Waals surface area contributed by atoms with E-state index in [1.807, 2.05) is 32.0 Å². The van der Waals surface area contributed by atoms with Crippen LogP contribution < -0.4 is 15.0 Å². The van der Waals surface area contributed by atoms with Crippen LogP contribution in [0.5, 0.6) is 11.5 Å². The lowest BCUT2D eigenvalue weighted by molar-refractivity contribution is 0.0746. The molecule has 1 heterocycles. The van der Waals surface area contributed by atoms with Gasteiger partial charge in [0.2, 0.25) is 0 Å². The number of aromatic nitrogens is 2. The Kier molecular flexibility index (Phi) is 6.16. The van der Waals surface area contributed by atoms with Crippen LogP contribution in [-0.2, 0) is 13.6 Å². The first-order valence-electron chi connectivity index (χ1n) is 9.55. The van der Waals surface area contributed by atoms with Crippen LogP contribution in [0.2, 0.25) is 0 Å². The molecule has 0 N–H and O–H groups in total. The van der Waals surface area contributed by atoms with E-state index in [1.54, 1.807) is 43.3 Å². The largest absolute Gasteiger partial charge is 0.493 e. The molecule has 152 valence electrons. The monoisotopic (exact) mass is 395 g/mol. The van der Waals surface area contributed by atoms with Gasteiger partial charge in [-0.1, -0.05) is 24.3 Å². The number of carbonyl (C=O) groups excluding carboxylic acids is 1. The van der Waals surface area contributed by atoms with Crippen LogP contribution >= 0.6 is 0 Å². The second-order valence-corrected chi connectivity index (χ2v) is 6.56. The van der Waals surface area contributed by atoms with Crippen molar-refractivity contribution in [2.24, 2.45) is 7.05 Å². The maximum Gasteiger partial charge on any atom is 0.275 e. The van der Waals surface area contributed by atoms with E-state index in [9.17, 15) is 9.59 Å². The van der Waals surface area contributed by atoms with E-state index in [4.69, 9.17) is 9.47 Å². The summed E-state index contributed by atoms with van der Waals surface area (Å²) in [5.41, 5.74) is 0.952. The number of aryl methyl sites for hydroxylation is 1. The molecule has 3 aromatic rings. The summed E-state index contributed by atoms with van der Waals surface area (Å²) in [5, 5.41) is 5.29. The van der Waals surface area contributed by atoms with E-state index in [2.05, 4.69) is 5.10 Å². The number of benzene rings is 2. The van der Waals surface area contributed by atoms with Gasteiger partial charge < -0.3 is 14.4 Å². The highest BCUT2D eigenvalue weighted by molar-refractivity contribution is 6.04. The van der Waals surface area contributed by atoms with Crippen LogP contribution in [0, 0.1) is 0 Å². The maximum absolute atomic E-state index is 13.3. The van der Waals surface area contributed by atoms with Crippen LogP contribution in [-0.4, -0.2) is 40.8 Å². The molecule has 1 amide bonds. The molecule has 0 unspecified atom stereocenters. The fraction of sp³-hybridized carbons (Fsp3) is 0.318. The minimum absolute atomic E-state index is 0.226. The van der Waals surface area contributed by atoms with Crippen molar-refractivity contribution in [3.63, 3.8) is 0 Å². The number of amides is 1. The summed E-state index contributed by atoms with van der Waals surface area (Å²) < 4.78 is 12.2. The van der Waals surface area contributed by atoms with Crippen molar-refractivity contribution >= 4 is 16.7 Å². The van der Waals surface area contributed by atoms with Gasteiger partial charge >= 0.3 is 0 Å². The topological polar surface area (TPSA) is 73.7 Å². The van der Waals surface area contributed by atoms with Gasteiger partial charge in [0, 0.05) is 25.5 Å². The number of methoxy groups -OCH3 is 1. The first-order valence-corrected chi connectivity index (χ1v) is 9.55. The molecule has 0 saturated carbocycles. The first kappa shape index (κ1) is 20.4. The molecule has 0 aliphatic carbocycles. The molecule has 0 aliphatic heterocycles. The fourth-order valence-electron chi connectivity index (χ4n) is 3.24. The Labute approximate surface area is 169 Å². The lowest BCUT2D eigenvalue weighted by Crippen LogP contribution is -2.33. The minimum atomic E-state index is -0.229. The minimum Gasteiger partial charge on any atom is -0.493 e. The zero-order chi connectivity index (χ0) is 21.0. The highest BCUT2D eigenvalue weighted by Gasteiger charge is 2.21. The molecule has 0 saturated heterocycles. The molecule has 7 heteroatoms. The van der Waals surface area contributed by atoms with Gasteiger partial charge in [0.15, 0.2) is 17.2 Å². The molecule has 7 nitrogen and oxygen atoms in total. The zero-order valence-corrected chi connectivity index (χ0v) is 17.1. The van der Waals surface area contributed by atoms with Crippen molar-refractivity contribution in [2.75, 3.05) is 20.3 Å². The van der Waals surface area contributed by atoms with Crippen LogP contribution in [0.25, 0.3) is 10.8 Å². The maximum atomic E-state index is 13.3. The molecule has 3 rings (SSSR count). The molecule has 0 atom stereocenters. The van der Waals surface area contributed by atoms with Crippen molar-refractivity contribution in [1.29, 1.82) is 0 Å². The molecule has 0 fully saturated rings. The van der Waals surface area contributed by atoms with Gasteiger partial charge in [0.05, 0.1) is 19.1 Å². The predicted octanol–water partition coefficient (Wildman–Crippen LogP) is 3.00. The summed E-state index contributed by atoms with van der Waals surface area (Å²) in [5.74, 6) is 1.06.